The minimum absolute atomic E-state index is 0.00742. The van der Waals surface area contributed by atoms with Crippen LogP contribution < -0.4 is 10.6 Å². The minimum atomic E-state index is -0.502. The fourth-order valence-electron chi connectivity index (χ4n) is 5.37. The number of carbonyl (C=O) groups excluding carboxylic acids is 2. The lowest BCUT2D eigenvalue weighted by molar-refractivity contribution is -0.143. The first-order chi connectivity index (χ1) is 11.6. The van der Waals surface area contributed by atoms with Crippen LogP contribution in [-0.4, -0.2) is 35.1 Å². The van der Waals surface area contributed by atoms with Crippen LogP contribution in [-0.2, 0) is 9.59 Å². The Balaban J connectivity index is 2.17. The van der Waals surface area contributed by atoms with E-state index in [1.54, 1.807) is 6.92 Å². The van der Waals surface area contributed by atoms with Crippen molar-refractivity contribution in [2.75, 3.05) is 0 Å². The van der Waals surface area contributed by atoms with Gasteiger partial charge < -0.3 is 15.7 Å². The predicted octanol–water partition coefficient (Wildman–Crippen LogP) is 2.48. The van der Waals surface area contributed by atoms with Crippen LogP contribution in [0.2, 0.25) is 0 Å². The first-order valence-electron chi connectivity index (χ1n) is 9.82. The van der Waals surface area contributed by atoms with Crippen molar-refractivity contribution in [2.24, 2.45) is 29.1 Å². The van der Waals surface area contributed by atoms with Gasteiger partial charge in [0.05, 0.1) is 6.10 Å². The Morgan fingerprint density at radius 2 is 1.76 bits per heavy atom. The van der Waals surface area contributed by atoms with Crippen molar-refractivity contribution >= 4 is 11.8 Å². The van der Waals surface area contributed by atoms with Gasteiger partial charge in [-0.05, 0) is 62.7 Å². The maximum absolute atomic E-state index is 12.5. The highest BCUT2D eigenvalue weighted by atomic mass is 16.3. The zero-order valence-corrected chi connectivity index (χ0v) is 16.6. The zero-order valence-electron chi connectivity index (χ0n) is 16.6. The van der Waals surface area contributed by atoms with Crippen molar-refractivity contribution in [3.05, 3.63) is 0 Å². The summed E-state index contributed by atoms with van der Waals surface area (Å²) in [4.78, 5) is 24.0. The first kappa shape index (κ1) is 20.2. The Labute approximate surface area is 152 Å². The highest BCUT2D eigenvalue weighted by Gasteiger charge is 2.53. The number of amides is 2. The molecule has 2 amide bonds. The average Bonchev–Trinajstić information content (AvgIpc) is 2.49. The fourth-order valence-corrected chi connectivity index (χ4v) is 5.37. The van der Waals surface area contributed by atoms with Crippen LogP contribution in [0.15, 0.2) is 0 Å². The van der Waals surface area contributed by atoms with E-state index in [1.165, 1.54) is 0 Å². The van der Waals surface area contributed by atoms with Gasteiger partial charge in [-0.2, -0.15) is 0 Å². The number of fused-ring (bicyclic) bond motifs is 1. The second kappa shape index (κ2) is 7.65. The minimum Gasteiger partial charge on any atom is -0.392 e. The molecule has 0 radical (unpaired) electrons. The maximum atomic E-state index is 12.5. The van der Waals surface area contributed by atoms with Gasteiger partial charge in [-0.1, -0.05) is 20.8 Å². The van der Waals surface area contributed by atoms with Gasteiger partial charge in [-0.15, -0.1) is 0 Å². The summed E-state index contributed by atoms with van der Waals surface area (Å²) in [6.07, 6.45) is 3.41. The molecule has 5 heteroatoms. The summed E-state index contributed by atoms with van der Waals surface area (Å²) in [5, 5.41) is 17.3. The highest BCUT2D eigenvalue weighted by Crippen LogP contribution is 2.55. The third-order valence-electron chi connectivity index (χ3n) is 6.76. The van der Waals surface area contributed by atoms with Crippen molar-refractivity contribution in [1.82, 2.24) is 10.6 Å². The lowest BCUT2D eigenvalue weighted by Crippen LogP contribution is -2.58. The Morgan fingerprint density at radius 1 is 1.16 bits per heavy atom. The molecule has 2 fully saturated rings. The molecule has 2 saturated carbocycles. The van der Waals surface area contributed by atoms with Crippen molar-refractivity contribution in [3.63, 3.8) is 0 Å². The Hall–Kier alpha value is -1.10. The molecule has 0 bridgehead atoms. The van der Waals surface area contributed by atoms with Crippen LogP contribution in [0.3, 0.4) is 0 Å². The third kappa shape index (κ3) is 4.18. The van der Waals surface area contributed by atoms with E-state index in [0.29, 0.717) is 0 Å². The molecule has 0 aromatic rings. The summed E-state index contributed by atoms with van der Waals surface area (Å²) in [5.41, 5.74) is 0.0958. The Bertz CT molecular complexity index is 507. The van der Waals surface area contributed by atoms with Gasteiger partial charge in [-0.3, -0.25) is 9.59 Å². The van der Waals surface area contributed by atoms with Crippen molar-refractivity contribution in [3.8, 4) is 0 Å². The molecule has 1 unspecified atom stereocenters. The average molecular weight is 353 g/mol. The second-order valence-electron chi connectivity index (χ2n) is 9.03. The summed E-state index contributed by atoms with van der Waals surface area (Å²) < 4.78 is 0. The lowest BCUT2D eigenvalue weighted by atomic mass is 9.51. The van der Waals surface area contributed by atoms with E-state index in [9.17, 15) is 14.7 Å². The smallest absolute Gasteiger partial charge is 0.223 e. The fraction of sp³-hybridized carbons (Fsp3) is 0.900. The molecule has 0 aliphatic heterocycles. The van der Waals surface area contributed by atoms with E-state index < -0.39 is 6.10 Å². The number of aliphatic hydroxyl groups excluding tert-OH is 1. The molecular formula is C20H36N2O3. The van der Waals surface area contributed by atoms with Crippen LogP contribution in [0, 0.1) is 29.1 Å². The summed E-state index contributed by atoms with van der Waals surface area (Å²) in [6, 6.07) is 0.225. The number of hydrogen-bond acceptors (Lipinski definition) is 3. The molecule has 0 spiro atoms. The molecule has 0 aromatic carbocycles. The lowest BCUT2D eigenvalue weighted by Gasteiger charge is -2.56. The molecule has 3 N–H and O–H groups in total. The molecular weight excluding hydrogens is 316 g/mol. The van der Waals surface area contributed by atoms with E-state index in [2.05, 4.69) is 24.5 Å². The maximum Gasteiger partial charge on any atom is 0.223 e. The monoisotopic (exact) mass is 352 g/mol. The Kier molecular flexibility index (Phi) is 6.18. The van der Waals surface area contributed by atoms with Crippen LogP contribution in [0.25, 0.3) is 0 Å². The second-order valence-corrected chi connectivity index (χ2v) is 9.03. The molecule has 2 rings (SSSR count). The van der Waals surface area contributed by atoms with E-state index in [1.807, 2.05) is 20.8 Å². The summed E-state index contributed by atoms with van der Waals surface area (Å²) >= 11 is 0. The number of carbonyl (C=O) groups is 2. The molecule has 2 aliphatic rings. The number of rotatable bonds is 4. The van der Waals surface area contributed by atoms with E-state index in [-0.39, 0.29) is 53.0 Å². The topological polar surface area (TPSA) is 78.4 Å². The molecule has 25 heavy (non-hydrogen) atoms. The molecule has 0 heterocycles. The van der Waals surface area contributed by atoms with E-state index in [4.69, 9.17) is 0 Å². The van der Waals surface area contributed by atoms with Gasteiger partial charge in [0.25, 0.3) is 0 Å². The largest absolute Gasteiger partial charge is 0.392 e. The van der Waals surface area contributed by atoms with Crippen LogP contribution >= 0.6 is 0 Å². The van der Waals surface area contributed by atoms with Crippen LogP contribution in [0.5, 0.6) is 0 Å². The van der Waals surface area contributed by atoms with Crippen LogP contribution in [0.1, 0.15) is 67.2 Å². The predicted molar refractivity (Wildman–Crippen MR) is 98.8 cm³/mol. The quantitative estimate of drug-likeness (QED) is 0.727. The van der Waals surface area contributed by atoms with Crippen molar-refractivity contribution < 1.29 is 14.7 Å². The van der Waals surface area contributed by atoms with Gasteiger partial charge in [-0.25, -0.2) is 0 Å². The molecule has 2 aliphatic carbocycles. The first-order valence-corrected chi connectivity index (χ1v) is 9.82. The Morgan fingerprint density at radius 3 is 2.32 bits per heavy atom. The highest BCUT2D eigenvalue weighted by molar-refractivity contribution is 5.79. The van der Waals surface area contributed by atoms with E-state index >= 15 is 0 Å². The SMILES string of the molecule is CC(=O)N[C@H]1CC[C@]2(C)CCC([C@H](C)C(=O)NC(C)C)[C@H](O)[C@H]2[C@@H]1C. The van der Waals surface area contributed by atoms with Crippen molar-refractivity contribution in [2.45, 2.75) is 85.4 Å². The van der Waals surface area contributed by atoms with Gasteiger partial charge in [0.2, 0.25) is 11.8 Å². The normalized spacial score (nSPS) is 39.4. The summed E-state index contributed by atoms with van der Waals surface area (Å²) in [7, 11) is 0. The number of aliphatic hydroxyl groups is 1. The zero-order chi connectivity index (χ0) is 18.9. The van der Waals surface area contributed by atoms with Gasteiger partial charge in [0.1, 0.15) is 0 Å². The number of hydrogen-bond donors (Lipinski definition) is 3. The summed E-state index contributed by atoms with van der Waals surface area (Å²) in [5.74, 6) is 0.133. The number of nitrogens with one attached hydrogen (secondary N) is 2. The molecule has 144 valence electrons. The van der Waals surface area contributed by atoms with Gasteiger partial charge >= 0.3 is 0 Å². The molecule has 7 atom stereocenters. The summed E-state index contributed by atoms with van der Waals surface area (Å²) in [6.45, 7) is 11.8. The standard InChI is InChI=1S/C20H36N2O3/c1-11(2)21-19(25)12(3)15-7-9-20(6)10-8-16(22-14(5)23)13(4)17(20)18(15)24/h11-13,15-18,24H,7-10H2,1-6H3,(H,21,25)(H,22,23)/t12-,13+,15?,16-,17+,18-,20-/m0/s1. The third-order valence-corrected chi connectivity index (χ3v) is 6.76. The molecule has 5 nitrogen and oxygen atoms in total. The molecule has 0 saturated heterocycles. The van der Waals surface area contributed by atoms with E-state index in [0.717, 1.165) is 25.7 Å². The van der Waals surface area contributed by atoms with Gasteiger partial charge in [0.15, 0.2) is 0 Å². The van der Waals surface area contributed by atoms with Gasteiger partial charge in [0, 0.05) is 24.9 Å². The van der Waals surface area contributed by atoms with Crippen LogP contribution in [0.4, 0.5) is 0 Å². The molecule has 0 aromatic heterocycles. The van der Waals surface area contributed by atoms with Crippen molar-refractivity contribution in [1.29, 1.82) is 0 Å².